The Balaban J connectivity index is 2.04. The molecule has 4 amide bonds. The zero-order valence-corrected chi connectivity index (χ0v) is 12.1. The van der Waals surface area contributed by atoms with Crippen molar-refractivity contribution in [3.63, 3.8) is 0 Å². The fraction of sp³-hybridized carbons (Fsp3) is 0.786. The molecule has 112 valence electrons. The Hall–Kier alpha value is -1.43. The molecule has 0 aromatic carbocycles. The van der Waals surface area contributed by atoms with Crippen LogP contribution in [0.1, 0.15) is 39.0 Å². The van der Waals surface area contributed by atoms with Gasteiger partial charge >= 0.3 is 6.03 Å². The van der Waals surface area contributed by atoms with E-state index >= 15 is 0 Å². The Kier molecular flexibility index (Phi) is 4.42. The van der Waals surface area contributed by atoms with Crippen LogP contribution in [0.25, 0.3) is 0 Å². The average molecular weight is 282 g/mol. The number of hydrogen-bond acceptors (Lipinski definition) is 4. The minimum atomic E-state index is -0.712. The van der Waals surface area contributed by atoms with Crippen LogP contribution in [0.15, 0.2) is 0 Å². The summed E-state index contributed by atoms with van der Waals surface area (Å²) in [5.41, 5.74) is 0.000161. The van der Waals surface area contributed by atoms with E-state index in [1.807, 2.05) is 6.92 Å². The normalized spacial score (nSPS) is 24.8. The van der Waals surface area contributed by atoms with Crippen molar-refractivity contribution < 1.29 is 19.1 Å². The predicted octanol–water partition coefficient (Wildman–Crippen LogP) is 1.30. The smallest absolute Gasteiger partial charge is 0.330 e. The van der Waals surface area contributed by atoms with E-state index < -0.39 is 17.9 Å². The molecule has 6 heteroatoms. The quantitative estimate of drug-likeness (QED) is 0.714. The van der Waals surface area contributed by atoms with Crippen LogP contribution < -0.4 is 5.32 Å². The SMILES string of the molecule is CCCC1C(=O)NC(=O)N(CC2(CCOC)CC2)C1=O. The number of methoxy groups -OCH3 is 1. The van der Waals surface area contributed by atoms with Gasteiger partial charge in [0.05, 0.1) is 0 Å². The van der Waals surface area contributed by atoms with Crippen molar-refractivity contribution in [1.29, 1.82) is 0 Å². The molecule has 0 radical (unpaired) electrons. The molecular weight excluding hydrogens is 260 g/mol. The van der Waals surface area contributed by atoms with Gasteiger partial charge in [-0.2, -0.15) is 0 Å². The lowest BCUT2D eigenvalue weighted by Crippen LogP contribution is -2.59. The maximum atomic E-state index is 12.3. The van der Waals surface area contributed by atoms with E-state index in [1.165, 1.54) is 4.90 Å². The summed E-state index contributed by atoms with van der Waals surface area (Å²) >= 11 is 0. The molecule has 2 aliphatic rings. The minimum Gasteiger partial charge on any atom is -0.385 e. The van der Waals surface area contributed by atoms with E-state index in [9.17, 15) is 14.4 Å². The highest BCUT2D eigenvalue weighted by atomic mass is 16.5. The highest BCUT2D eigenvalue weighted by Gasteiger charge is 2.48. The average Bonchev–Trinajstić information content (AvgIpc) is 3.18. The van der Waals surface area contributed by atoms with Crippen LogP contribution in [0.4, 0.5) is 4.79 Å². The monoisotopic (exact) mass is 282 g/mol. The van der Waals surface area contributed by atoms with Crippen molar-refractivity contribution in [2.75, 3.05) is 20.3 Å². The molecule has 1 saturated heterocycles. The molecule has 1 heterocycles. The van der Waals surface area contributed by atoms with Crippen molar-refractivity contribution in [3.05, 3.63) is 0 Å². The van der Waals surface area contributed by atoms with E-state index in [1.54, 1.807) is 7.11 Å². The molecule has 1 atom stereocenters. The topological polar surface area (TPSA) is 75.7 Å². The van der Waals surface area contributed by atoms with Gasteiger partial charge < -0.3 is 4.74 Å². The number of amides is 4. The van der Waals surface area contributed by atoms with Crippen LogP contribution in [0.2, 0.25) is 0 Å². The van der Waals surface area contributed by atoms with Crippen molar-refractivity contribution in [2.24, 2.45) is 11.3 Å². The maximum Gasteiger partial charge on any atom is 0.330 e. The molecular formula is C14H22N2O4. The highest BCUT2D eigenvalue weighted by molar-refractivity contribution is 6.16. The van der Waals surface area contributed by atoms with Gasteiger partial charge in [0.1, 0.15) is 5.92 Å². The molecule has 1 aliphatic heterocycles. The lowest BCUT2D eigenvalue weighted by atomic mass is 9.96. The van der Waals surface area contributed by atoms with Crippen LogP contribution in [-0.2, 0) is 14.3 Å². The number of carbonyl (C=O) groups excluding carboxylic acids is 3. The van der Waals surface area contributed by atoms with E-state index in [4.69, 9.17) is 4.74 Å². The number of hydrogen-bond donors (Lipinski definition) is 1. The van der Waals surface area contributed by atoms with Crippen LogP contribution in [0, 0.1) is 11.3 Å². The zero-order valence-electron chi connectivity index (χ0n) is 12.1. The van der Waals surface area contributed by atoms with Crippen molar-refractivity contribution in [2.45, 2.75) is 39.0 Å². The number of barbiturate groups is 1. The predicted molar refractivity (Wildman–Crippen MR) is 71.8 cm³/mol. The summed E-state index contributed by atoms with van der Waals surface area (Å²) < 4.78 is 5.08. The van der Waals surface area contributed by atoms with Crippen molar-refractivity contribution in [1.82, 2.24) is 10.2 Å². The molecule has 2 rings (SSSR count). The second-order valence-electron chi connectivity index (χ2n) is 5.80. The summed E-state index contributed by atoms with van der Waals surface area (Å²) in [6, 6.07) is -0.573. The van der Waals surface area contributed by atoms with E-state index in [2.05, 4.69) is 5.32 Å². The molecule has 1 aliphatic carbocycles. The first-order valence-electron chi connectivity index (χ1n) is 7.18. The summed E-state index contributed by atoms with van der Waals surface area (Å²) in [6.07, 6.45) is 4.06. The lowest BCUT2D eigenvalue weighted by molar-refractivity contribution is -0.143. The molecule has 20 heavy (non-hydrogen) atoms. The fourth-order valence-corrected chi connectivity index (χ4v) is 2.67. The molecule has 2 fully saturated rings. The summed E-state index contributed by atoms with van der Waals surface area (Å²) in [7, 11) is 1.64. The third kappa shape index (κ3) is 3.00. The van der Waals surface area contributed by atoms with Gasteiger partial charge in [0, 0.05) is 20.3 Å². The second kappa shape index (κ2) is 5.91. The van der Waals surface area contributed by atoms with Gasteiger partial charge in [-0.25, -0.2) is 4.79 Å². The van der Waals surface area contributed by atoms with E-state index in [-0.39, 0.29) is 11.3 Å². The molecule has 0 bridgehead atoms. The van der Waals surface area contributed by atoms with Crippen LogP contribution >= 0.6 is 0 Å². The van der Waals surface area contributed by atoms with Gasteiger partial charge in [0.25, 0.3) is 0 Å². The Morgan fingerprint density at radius 2 is 2.05 bits per heavy atom. The third-order valence-corrected chi connectivity index (χ3v) is 4.22. The Bertz CT molecular complexity index is 417. The van der Waals surface area contributed by atoms with Crippen molar-refractivity contribution >= 4 is 17.8 Å². The van der Waals surface area contributed by atoms with Crippen LogP contribution in [0.5, 0.6) is 0 Å². The summed E-state index contributed by atoms with van der Waals surface area (Å²) in [4.78, 5) is 37.1. The van der Waals surface area contributed by atoms with Crippen molar-refractivity contribution in [3.8, 4) is 0 Å². The van der Waals surface area contributed by atoms with Gasteiger partial charge in [-0.1, -0.05) is 13.3 Å². The van der Waals surface area contributed by atoms with Crippen LogP contribution in [-0.4, -0.2) is 43.0 Å². The largest absolute Gasteiger partial charge is 0.385 e. The molecule has 6 nitrogen and oxygen atoms in total. The second-order valence-corrected chi connectivity index (χ2v) is 5.80. The number of nitrogens with zero attached hydrogens (tertiary/aromatic N) is 1. The molecule has 0 aromatic rings. The molecule has 0 aromatic heterocycles. The Morgan fingerprint density at radius 1 is 1.35 bits per heavy atom. The molecule has 0 spiro atoms. The molecule has 1 saturated carbocycles. The zero-order chi connectivity index (χ0) is 14.8. The highest BCUT2D eigenvalue weighted by Crippen LogP contribution is 2.49. The number of imide groups is 2. The first-order chi connectivity index (χ1) is 9.53. The summed E-state index contributed by atoms with van der Waals surface area (Å²) in [5, 5.41) is 2.30. The van der Waals surface area contributed by atoms with Gasteiger partial charge in [-0.15, -0.1) is 0 Å². The van der Waals surface area contributed by atoms with Gasteiger partial charge in [0.15, 0.2) is 0 Å². The Labute approximate surface area is 118 Å². The number of rotatable bonds is 7. The third-order valence-electron chi connectivity index (χ3n) is 4.22. The first kappa shape index (κ1) is 15.0. The Morgan fingerprint density at radius 3 is 2.60 bits per heavy atom. The van der Waals surface area contributed by atoms with E-state index in [0.29, 0.717) is 19.6 Å². The lowest BCUT2D eigenvalue weighted by Gasteiger charge is -2.32. The van der Waals surface area contributed by atoms with E-state index in [0.717, 1.165) is 25.7 Å². The number of carbonyl (C=O) groups is 3. The first-order valence-corrected chi connectivity index (χ1v) is 7.18. The maximum absolute atomic E-state index is 12.3. The number of nitrogens with one attached hydrogen (secondary N) is 1. The fourth-order valence-electron chi connectivity index (χ4n) is 2.67. The van der Waals surface area contributed by atoms with Gasteiger partial charge in [-0.3, -0.25) is 19.8 Å². The van der Waals surface area contributed by atoms with Gasteiger partial charge in [0.2, 0.25) is 11.8 Å². The number of ether oxygens (including phenoxy) is 1. The molecule has 1 N–H and O–H groups in total. The summed E-state index contributed by atoms with van der Waals surface area (Å²) in [5.74, 6) is -1.51. The summed E-state index contributed by atoms with van der Waals surface area (Å²) in [6.45, 7) is 2.94. The van der Waals surface area contributed by atoms with Crippen LogP contribution in [0.3, 0.4) is 0 Å². The minimum absolute atomic E-state index is 0.000161. The van der Waals surface area contributed by atoms with Gasteiger partial charge in [-0.05, 0) is 31.1 Å². The standard InChI is InChI=1S/C14H22N2O4/c1-3-4-10-11(17)15-13(19)16(12(10)18)9-14(5-6-14)7-8-20-2/h10H,3-9H2,1-2H3,(H,15,17,19). The molecule has 1 unspecified atom stereocenters. The number of urea groups is 1.